The molecule has 3 heteroatoms. The molecule has 0 saturated carbocycles. The molecule has 0 saturated heterocycles. The quantitative estimate of drug-likeness (QED) is 0.738. The van der Waals surface area contributed by atoms with Crippen LogP contribution >= 0.6 is 0 Å². The summed E-state index contributed by atoms with van der Waals surface area (Å²) < 4.78 is 6.00. The lowest BCUT2D eigenvalue weighted by molar-refractivity contribution is 0.306. The van der Waals surface area contributed by atoms with Crippen LogP contribution in [0.3, 0.4) is 0 Å². The summed E-state index contributed by atoms with van der Waals surface area (Å²) in [6.07, 6.45) is 3.42. The third-order valence-electron chi connectivity index (χ3n) is 4.59. The Bertz CT molecular complexity index is 859. The van der Waals surface area contributed by atoms with Crippen LogP contribution in [0.1, 0.15) is 30.2 Å². The number of benzene rings is 2. The molecule has 3 nitrogen and oxygen atoms in total. The molecule has 1 N–H and O–H groups in total. The lowest BCUT2D eigenvalue weighted by Crippen LogP contribution is -2.04. The number of ether oxygens (including phenoxy) is 1. The monoisotopic (exact) mass is 318 g/mol. The van der Waals surface area contributed by atoms with E-state index in [4.69, 9.17) is 9.72 Å². The van der Waals surface area contributed by atoms with E-state index in [1.807, 2.05) is 24.3 Å². The summed E-state index contributed by atoms with van der Waals surface area (Å²) in [6.45, 7) is 3.64. The highest BCUT2D eigenvalue weighted by molar-refractivity contribution is 5.94. The van der Waals surface area contributed by atoms with Crippen molar-refractivity contribution < 1.29 is 4.74 Å². The summed E-state index contributed by atoms with van der Waals surface area (Å²) in [4.78, 5) is 4.86. The molecule has 24 heavy (non-hydrogen) atoms. The van der Waals surface area contributed by atoms with Gasteiger partial charge in [0.15, 0.2) is 0 Å². The van der Waals surface area contributed by atoms with E-state index in [9.17, 15) is 0 Å². The molecular formula is C21H22N2O. The second kappa shape index (κ2) is 6.52. The topological polar surface area (TPSA) is 34.2 Å². The van der Waals surface area contributed by atoms with Gasteiger partial charge in [0.05, 0.1) is 5.52 Å². The van der Waals surface area contributed by atoms with Crippen molar-refractivity contribution in [3.8, 4) is 5.75 Å². The molecule has 2 aromatic carbocycles. The predicted molar refractivity (Wildman–Crippen MR) is 98.7 cm³/mol. The Morgan fingerprint density at radius 3 is 2.79 bits per heavy atom. The largest absolute Gasteiger partial charge is 0.489 e. The van der Waals surface area contributed by atoms with Crippen molar-refractivity contribution in [1.29, 1.82) is 0 Å². The van der Waals surface area contributed by atoms with Gasteiger partial charge >= 0.3 is 0 Å². The van der Waals surface area contributed by atoms with Crippen molar-refractivity contribution >= 4 is 16.6 Å². The van der Waals surface area contributed by atoms with Crippen molar-refractivity contribution in [1.82, 2.24) is 4.98 Å². The highest BCUT2D eigenvalue weighted by atomic mass is 16.5. The maximum absolute atomic E-state index is 6.00. The molecule has 1 aliphatic carbocycles. The molecule has 1 aromatic heterocycles. The minimum absolute atomic E-state index is 0.585. The lowest BCUT2D eigenvalue weighted by Gasteiger charge is -2.15. The van der Waals surface area contributed by atoms with Crippen LogP contribution in [0.2, 0.25) is 0 Å². The van der Waals surface area contributed by atoms with Gasteiger partial charge in [-0.1, -0.05) is 30.3 Å². The SMILES string of the molecule is CCNc1c2c(nc3ccc(OCc4ccccc4)cc13)CCC2. The molecule has 1 heterocycles. The molecule has 0 atom stereocenters. The van der Waals surface area contributed by atoms with Crippen molar-refractivity contribution in [3.63, 3.8) is 0 Å². The molecule has 0 spiro atoms. The Hall–Kier alpha value is -2.55. The van der Waals surface area contributed by atoms with Crippen LogP contribution in [-0.2, 0) is 19.4 Å². The van der Waals surface area contributed by atoms with Crippen LogP contribution < -0.4 is 10.1 Å². The summed E-state index contributed by atoms with van der Waals surface area (Å²) >= 11 is 0. The molecule has 0 radical (unpaired) electrons. The Morgan fingerprint density at radius 2 is 1.96 bits per heavy atom. The number of rotatable bonds is 5. The Balaban J connectivity index is 1.69. The standard InChI is InChI=1S/C21H22N2O/c1-2-22-21-17-9-6-10-19(17)23-20-12-11-16(13-18(20)21)24-14-15-7-4-3-5-8-15/h3-5,7-8,11-13H,2,6,9-10,14H2,1H3,(H,22,23). The van der Waals surface area contributed by atoms with E-state index in [2.05, 4.69) is 36.5 Å². The first-order valence-corrected chi connectivity index (χ1v) is 8.71. The van der Waals surface area contributed by atoms with Crippen LogP contribution in [0, 0.1) is 0 Å². The zero-order chi connectivity index (χ0) is 16.4. The van der Waals surface area contributed by atoms with Gasteiger partial charge in [0.1, 0.15) is 12.4 Å². The lowest BCUT2D eigenvalue weighted by atomic mass is 10.1. The van der Waals surface area contributed by atoms with Crippen molar-refractivity contribution in [2.45, 2.75) is 32.8 Å². The first kappa shape index (κ1) is 15.0. The fraction of sp³-hybridized carbons (Fsp3) is 0.286. The summed E-state index contributed by atoms with van der Waals surface area (Å²) in [5.41, 5.74) is 6.14. The van der Waals surface area contributed by atoms with Crippen LogP contribution in [-0.4, -0.2) is 11.5 Å². The fourth-order valence-corrected chi connectivity index (χ4v) is 3.45. The normalized spacial score (nSPS) is 13.0. The molecule has 1 aliphatic rings. The van der Waals surface area contributed by atoms with Crippen molar-refractivity contribution in [3.05, 3.63) is 65.4 Å². The van der Waals surface area contributed by atoms with E-state index >= 15 is 0 Å². The number of aryl methyl sites for hydroxylation is 1. The smallest absolute Gasteiger partial charge is 0.120 e. The molecule has 4 rings (SSSR count). The zero-order valence-corrected chi connectivity index (χ0v) is 14.0. The average Bonchev–Trinajstić information content (AvgIpc) is 3.09. The summed E-state index contributed by atoms with van der Waals surface area (Å²) in [7, 11) is 0. The average molecular weight is 318 g/mol. The first-order valence-electron chi connectivity index (χ1n) is 8.71. The number of pyridine rings is 1. The first-order chi connectivity index (χ1) is 11.8. The van der Waals surface area contributed by atoms with Gasteiger partial charge in [-0.15, -0.1) is 0 Å². The highest BCUT2D eigenvalue weighted by Crippen LogP contribution is 2.35. The maximum Gasteiger partial charge on any atom is 0.120 e. The second-order valence-electron chi connectivity index (χ2n) is 6.25. The summed E-state index contributed by atoms with van der Waals surface area (Å²) in [6, 6.07) is 16.5. The Morgan fingerprint density at radius 1 is 1.08 bits per heavy atom. The van der Waals surface area contributed by atoms with Crippen molar-refractivity contribution in [2.24, 2.45) is 0 Å². The van der Waals surface area contributed by atoms with E-state index in [1.54, 1.807) is 0 Å². The van der Waals surface area contributed by atoms with Gasteiger partial charge in [0.2, 0.25) is 0 Å². The number of aromatic nitrogens is 1. The molecule has 0 aliphatic heterocycles. The van der Waals surface area contributed by atoms with Crippen LogP contribution in [0.4, 0.5) is 5.69 Å². The van der Waals surface area contributed by atoms with Gasteiger partial charge in [0, 0.05) is 23.3 Å². The van der Waals surface area contributed by atoms with Crippen molar-refractivity contribution in [2.75, 3.05) is 11.9 Å². The molecule has 0 bridgehead atoms. The number of hydrogen-bond donors (Lipinski definition) is 1. The van der Waals surface area contributed by atoms with Crippen LogP contribution in [0.15, 0.2) is 48.5 Å². The van der Waals surface area contributed by atoms with Crippen LogP contribution in [0.25, 0.3) is 10.9 Å². The molecular weight excluding hydrogens is 296 g/mol. The Kier molecular flexibility index (Phi) is 4.08. The zero-order valence-electron chi connectivity index (χ0n) is 14.0. The van der Waals surface area contributed by atoms with E-state index in [-0.39, 0.29) is 0 Å². The molecule has 0 amide bonds. The Labute approximate surface area is 142 Å². The summed E-state index contributed by atoms with van der Waals surface area (Å²) in [5, 5.41) is 4.73. The van der Waals surface area contributed by atoms with Gasteiger partial charge < -0.3 is 10.1 Å². The number of nitrogens with zero attached hydrogens (tertiary/aromatic N) is 1. The van der Waals surface area contributed by atoms with Gasteiger partial charge in [0.25, 0.3) is 0 Å². The minimum Gasteiger partial charge on any atom is -0.489 e. The number of hydrogen-bond acceptors (Lipinski definition) is 3. The number of anilines is 1. The molecule has 0 fully saturated rings. The van der Waals surface area contributed by atoms with Gasteiger partial charge in [-0.3, -0.25) is 4.98 Å². The van der Waals surface area contributed by atoms with E-state index in [0.717, 1.165) is 30.7 Å². The second-order valence-corrected chi connectivity index (χ2v) is 6.25. The third kappa shape index (κ3) is 2.82. The van der Waals surface area contributed by atoms with Crippen LogP contribution in [0.5, 0.6) is 5.75 Å². The summed E-state index contributed by atoms with van der Waals surface area (Å²) in [5.74, 6) is 0.894. The van der Waals surface area contributed by atoms with Gasteiger partial charge in [-0.2, -0.15) is 0 Å². The van der Waals surface area contributed by atoms with Gasteiger partial charge in [-0.05, 0) is 55.5 Å². The van der Waals surface area contributed by atoms with E-state index in [0.29, 0.717) is 6.61 Å². The molecule has 122 valence electrons. The minimum atomic E-state index is 0.585. The molecule has 3 aromatic rings. The van der Waals surface area contributed by atoms with Gasteiger partial charge in [-0.25, -0.2) is 0 Å². The third-order valence-corrected chi connectivity index (χ3v) is 4.59. The molecule has 0 unspecified atom stereocenters. The van der Waals surface area contributed by atoms with E-state index in [1.165, 1.54) is 34.3 Å². The predicted octanol–water partition coefficient (Wildman–Crippen LogP) is 4.73. The van der Waals surface area contributed by atoms with E-state index < -0.39 is 0 Å². The number of fused-ring (bicyclic) bond motifs is 2. The maximum atomic E-state index is 6.00. The fourth-order valence-electron chi connectivity index (χ4n) is 3.45. The number of nitrogens with one attached hydrogen (secondary N) is 1. The highest BCUT2D eigenvalue weighted by Gasteiger charge is 2.19.